The fourth-order valence-corrected chi connectivity index (χ4v) is 2.63. The van der Waals surface area contributed by atoms with E-state index in [0.717, 1.165) is 19.3 Å². The van der Waals surface area contributed by atoms with Crippen LogP contribution in [0.4, 0.5) is 0 Å². The third-order valence-electron chi connectivity index (χ3n) is 3.86. The lowest BCUT2D eigenvalue weighted by Crippen LogP contribution is -2.48. The van der Waals surface area contributed by atoms with Crippen molar-refractivity contribution in [1.29, 1.82) is 0 Å². The molecule has 0 aromatic rings. The predicted octanol–water partition coefficient (Wildman–Crippen LogP) is 2.02. The van der Waals surface area contributed by atoms with Gasteiger partial charge in [0.1, 0.15) is 6.04 Å². The monoisotopic (exact) mass is 211 g/mol. The van der Waals surface area contributed by atoms with Gasteiger partial charge in [-0.1, -0.05) is 19.8 Å². The lowest BCUT2D eigenvalue weighted by atomic mass is 9.85. The van der Waals surface area contributed by atoms with E-state index in [9.17, 15) is 4.79 Å². The molecule has 0 spiro atoms. The van der Waals surface area contributed by atoms with Gasteiger partial charge in [-0.05, 0) is 37.5 Å². The van der Waals surface area contributed by atoms with Gasteiger partial charge in [0.15, 0.2) is 0 Å². The quantitative estimate of drug-likeness (QED) is 0.748. The molecule has 0 aliphatic heterocycles. The Hall–Kier alpha value is -0.570. The highest BCUT2D eigenvalue weighted by molar-refractivity contribution is 5.74. The smallest absolute Gasteiger partial charge is 0.320 e. The van der Waals surface area contributed by atoms with Crippen LogP contribution in [0.25, 0.3) is 0 Å². The Morgan fingerprint density at radius 1 is 1.27 bits per heavy atom. The summed E-state index contributed by atoms with van der Waals surface area (Å²) in [5.74, 6) is 0.381. The van der Waals surface area contributed by atoms with Crippen molar-refractivity contribution in [1.82, 2.24) is 5.32 Å². The van der Waals surface area contributed by atoms with Crippen LogP contribution in [0, 0.1) is 11.8 Å². The number of carboxylic acids is 1. The summed E-state index contributed by atoms with van der Waals surface area (Å²) in [6.07, 6.45) is 7.13. The van der Waals surface area contributed by atoms with E-state index >= 15 is 0 Å². The van der Waals surface area contributed by atoms with E-state index in [1.54, 1.807) is 0 Å². The lowest BCUT2D eigenvalue weighted by molar-refractivity contribution is -0.140. The van der Waals surface area contributed by atoms with Crippen LogP contribution >= 0.6 is 0 Å². The molecular formula is C12H21NO2. The number of hydrogen-bond donors (Lipinski definition) is 2. The van der Waals surface area contributed by atoms with Crippen LogP contribution in [0.15, 0.2) is 0 Å². The lowest BCUT2D eigenvalue weighted by Gasteiger charge is -2.32. The highest BCUT2D eigenvalue weighted by atomic mass is 16.4. The van der Waals surface area contributed by atoms with Crippen LogP contribution in [-0.2, 0) is 4.79 Å². The molecule has 2 aliphatic carbocycles. The summed E-state index contributed by atoms with van der Waals surface area (Å²) in [6, 6.07) is 0.149. The van der Waals surface area contributed by atoms with Crippen LogP contribution in [0.2, 0.25) is 0 Å². The average molecular weight is 211 g/mol. The first kappa shape index (κ1) is 10.9. The summed E-state index contributed by atoms with van der Waals surface area (Å²) < 4.78 is 0. The van der Waals surface area contributed by atoms with Crippen molar-refractivity contribution in [2.75, 3.05) is 0 Å². The molecule has 0 aromatic heterocycles. The zero-order chi connectivity index (χ0) is 10.8. The van der Waals surface area contributed by atoms with Crippen molar-refractivity contribution < 1.29 is 9.90 Å². The van der Waals surface area contributed by atoms with Crippen LogP contribution < -0.4 is 5.32 Å². The largest absolute Gasteiger partial charge is 0.480 e. The van der Waals surface area contributed by atoms with Crippen molar-refractivity contribution in [3.63, 3.8) is 0 Å². The van der Waals surface area contributed by atoms with Crippen molar-refractivity contribution >= 4 is 5.97 Å². The summed E-state index contributed by atoms with van der Waals surface area (Å²) in [6.45, 7) is 2.24. The predicted molar refractivity (Wildman–Crippen MR) is 58.7 cm³/mol. The maximum Gasteiger partial charge on any atom is 0.320 e. The van der Waals surface area contributed by atoms with Gasteiger partial charge in [0.2, 0.25) is 0 Å². The van der Waals surface area contributed by atoms with Crippen LogP contribution in [0.1, 0.15) is 45.4 Å². The van der Waals surface area contributed by atoms with Gasteiger partial charge < -0.3 is 10.4 Å². The first-order valence-corrected chi connectivity index (χ1v) is 6.17. The van der Waals surface area contributed by atoms with E-state index < -0.39 is 5.97 Å². The van der Waals surface area contributed by atoms with Gasteiger partial charge in [-0.15, -0.1) is 0 Å². The maximum absolute atomic E-state index is 11.1. The molecule has 3 heteroatoms. The summed E-state index contributed by atoms with van der Waals surface area (Å²) in [5, 5.41) is 12.5. The number of carbonyl (C=O) groups is 1. The molecule has 3 nitrogen and oxygen atoms in total. The minimum Gasteiger partial charge on any atom is -0.480 e. The third kappa shape index (κ3) is 2.71. The van der Waals surface area contributed by atoms with Crippen molar-refractivity contribution in [3.8, 4) is 0 Å². The van der Waals surface area contributed by atoms with Gasteiger partial charge in [-0.3, -0.25) is 4.79 Å². The molecule has 0 heterocycles. The molecule has 2 saturated carbocycles. The van der Waals surface area contributed by atoms with Crippen molar-refractivity contribution in [3.05, 3.63) is 0 Å². The summed E-state index contributed by atoms with van der Waals surface area (Å²) >= 11 is 0. The van der Waals surface area contributed by atoms with Gasteiger partial charge in [0, 0.05) is 6.04 Å². The Morgan fingerprint density at radius 2 is 1.93 bits per heavy atom. The SMILES string of the molecule is CC1CCCCC1NC(C(=O)O)C1CC1. The number of hydrogen-bond acceptors (Lipinski definition) is 2. The van der Waals surface area contributed by atoms with Crippen LogP contribution in [0.3, 0.4) is 0 Å². The standard InChI is InChI=1S/C12H21NO2/c1-8-4-2-3-5-10(8)13-11(12(14)15)9-6-7-9/h8-11,13H,2-7H2,1H3,(H,14,15). The minimum absolute atomic E-state index is 0.282. The van der Waals surface area contributed by atoms with Crippen LogP contribution in [0.5, 0.6) is 0 Å². The molecule has 15 heavy (non-hydrogen) atoms. The van der Waals surface area contributed by atoms with Crippen molar-refractivity contribution in [2.24, 2.45) is 11.8 Å². The van der Waals surface area contributed by atoms with E-state index in [0.29, 0.717) is 17.9 Å². The Bertz CT molecular complexity index is 238. The second kappa shape index (κ2) is 4.52. The molecular weight excluding hydrogens is 190 g/mol. The van der Waals surface area contributed by atoms with Gasteiger partial charge in [-0.25, -0.2) is 0 Å². The highest BCUT2D eigenvalue weighted by Crippen LogP contribution is 2.34. The summed E-state index contributed by atoms with van der Waals surface area (Å²) in [4.78, 5) is 11.1. The second-order valence-electron chi connectivity index (χ2n) is 5.19. The minimum atomic E-state index is -0.657. The van der Waals surface area contributed by atoms with Crippen LogP contribution in [-0.4, -0.2) is 23.2 Å². The van der Waals surface area contributed by atoms with E-state index in [1.165, 1.54) is 19.3 Å². The Morgan fingerprint density at radius 3 is 2.47 bits per heavy atom. The van der Waals surface area contributed by atoms with Gasteiger partial charge in [-0.2, -0.15) is 0 Å². The Balaban J connectivity index is 1.89. The average Bonchev–Trinajstić information content (AvgIpc) is 2.99. The molecule has 0 bridgehead atoms. The van der Waals surface area contributed by atoms with Gasteiger partial charge in [0.05, 0.1) is 0 Å². The van der Waals surface area contributed by atoms with E-state index in [-0.39, 0.29) is 6.04 Å². The Kier molecular flexibility index (Phi) is 3.29. The van der Waals surface area contributed by atoms with Gasteiger partial charge >= 0.3 is 5.97 Å². The highest BCUT2D eigenvalue weighted by Gasteiger charge is 2.38. The summed E-state index contributed by atoms with van der Waals surface area (Å²) in [7, 11) is 0. The van der Waals surface area contributed by atoms with Gasteiger partial charge in [0.25, 0.3) is 0 Å². The number of nitrogens with one attached hydrogen (secondary N) is 1. The summed E-state index contributed by atoms with van der Waals surface area (Å²) in [5.41, 5.74) is 0. The molecule has 2 N–H and O–H groups in total. The zero-order valence-corrected chi connectivity index (χ0v) is 9.41. The van der Waals surface area contributed by atoms with E-state index in [2.05, 4.69) is 12.2 Å². The normalized spacial score (nSPS) is 33.7. The Labute approximate surface area is 91.2 Å². The number of rotatable bonds is 4. The van der Waals surface area contributed by atoms with Crippen molar-refractivity contribution in [2.45, 2.75) is 57.5 Å². The molecule has 86 valence electrons. The number of carboxylic acid groups (broad SMARTS) is 1. The number of aliphatic carboxylic acids is 1. The molecule has 0 radical (unpaired) electrons. The third-order valence-corrected chi connectivity index (χ3v) is 3.86. The maximum atomic E-state index is 11.1. The molecule has 0 amide bonds. The van der Waals surface area contributed by atoms with E-state index in [4.69, 9.17) is 5.11 Å². The molecule has 2 rings (SSSR count). The van der Waals surface area contributed by atoms with E-state index in [1.807, 2.05) is 0 Å². The topological polar surface area (TPSA) is 49.3 Å². The fraction of sp³-hybridized carbons (Fsp3) is 0.917. The first-order valence-electron chi connectivity index (χ1n) is 6.17. The molecule has 0 saturated heterocycles. The zero-order valence-electron chi connectivity index (χ0n) is 9.41. The molecule has 3 atom stereocenters. The first-order chi connectivity index (χ1) is 7.18. The molecule has 0 aromatic carbocycles. The second-order valence-corrected chi connectivity index (χ2v) is 5.19. The fourth-order valence-electron chi connectivity index (χ4n) is 2.63. The molecule has 3 unspecified atom stereocenters. The molecule has 2 fully saturated rings. The molecule has 2 aliphatic rings.